The average Bonchev–Trinajstić information content (AvgIpc) is 3.54. The van der Waals surface area contributed by atoms with Gasteiger partial charge in [0.25, 0.3) is 0 Å². The first-order valence-corrected chi connectivity index (χ1v) is 13.8. The average molecular weight is 523 g/mol. The highest BCUT2D eigenvalue weighted by Crippen LogP contribution is 2.26. The van der Waals surface area contributed by atoms with Gasteiger partial charge in [0.05, 0.1) is 24.8 Å². The van der Waals surface area contributed by atoms with Crippen molar-refractivity contribution in [2.75, 3.05) is 0 Å². The van der Waals surface area contributed by atoms with Crippen LogP contribution < -0.4 is 0 Å². The lowest BCUT2D eigenvalue weighted by atomic mass is 10.0. The third kappa shape index (κ3) is 12.7. The molecule has 0 saturated carbocycles. The molecule has 3 N–H and O–H groups in total. The van der Waals surface area contributed by atoms with Crippen LogP contribution in [0.2, 0.25) is 0 Å². The van der Waals surface area contributed by atoms with E-state index in [1.807, 2.05) is 0 Å². The van der Waals surface area contributed by atoms with Gasteiger partial charge in [-0.3, -0.25) is 4.79 Å². The highest BCUT2D eigenvalue weighted by Gasteiger charge is 2.29. The second kappa shape index (κ2) is 17.3. The fraction of sp³-hybridized carbons (Fsp3) is 0.750. The van der Waals surface area contributed by atoms with Crippen molar-refractivity contribution in [3.05, 3.63) is 36.2 Å². The number of aliphatic hydroxyl groups excluding tert-OH is 3. The molecule has 0 spiro atoms. The van der Waals surface area contributed by atoms with Gasteiger partial charge < -0.3 is 28.9 Å². The Morgan fingerprint density at radius 1 is 0.946 bits per heavy atom. The minimum Gasteiger partial charge on any atom is -0.456 e. The van der Waals surface area contributed by atoms with Gasteiger partial charge in [-0.15, -0.1) is 0 Å². The summed E-state index contributed by atoms with van der Waals surface area (Å²) in [7, 11) is 0. The second-order valence-electron chi connectivity index (χ2n) is 10.4. The molecule has 4 unspecified atom stereocenters. The van der Waals surface area contributed by atoms with E-state index in [9.17, 15) is 20.1 Å². The Morgan fingerprint density at radius 3 is 2.19 bits per heavy atom. The van der Waals surface area contributed by atoms with Crippen LogP contribution in [0.5, 0.6) is 0 Å². The molecule has 2 rings (SSSR count). The molecular weight excluding hydrogens is 476 g/mol. The largest absolute Gasteiger partial charge is 0.456 e. The van der Waals surface area contributed by atoms with Crippen molar-refractivity contribution in [3.8, 4) is 0 Å². The number of unbranched alkanes of at least 4 members (excludes halogenated alkanes) is 8. The van der Waals surface area contributed by atoms with E-state index in [-0.39, 0.29) is 19.3 Å². The Morgan fingerprint density at radius 2 is 1.59 bits per heavy atom. The van der Waals surface area contributed by atoms with E-state index in [0.717, 1.165) is 25.2 Å². The summed E-state index contributed by atoms with van der Waals surface area (Å²) in [6, 6.07) is 0. The molecule has 0 bridgehead atoms. The fourth-order valence-electron chi connectivity index (χ4n) is 4.22. The topological polar surface area (TPSA) is 139 Å². The lowest BCUT2D eigenvalue weighted by molar-refractivity contribution is -0.153. The summed E-state index contributed by atoms with van der Waals surface area (Å²) in [5.41, 5.74) is 0.327. The maximum Gasteiger partial charge on any atom is 0.306 e. The van der Waals surface area contributed by atoms with Crippen molar-refractivity contribution in [2.24, 2.45) is 5.92 Å². The zero-order valence-electron chi connectivity index (χ0n) is 22.7. The molecule has 9 nitrogen and oxygen atoms in total. The molecule has 2 heterocycles. The highest BCUT2D eigenvalue weighted by molar-refractivity contribution is 5.69. The van der Waals surface area contributed by atoms with Crippen LogP contribution in [0.1, 0.15) is 121 Å². The molecule has 210 valence electrons. The summed E-state index contributed by atoms with van der Waals surface area (Å²) in [5, 5.41) is 30.0. The summed E-state index contributed by atoms with van der Waals surface area (Å²) in [6.45, 7) is 5.93. The van der Waals surface area contributed by atoms with Crippen LogP contribution in [0.15, 0.2) is 27.7 Å². The number of carbonyl (C=O) groups is 1. The van der Waals surface area contributed by atoms with Crippen LogP contribution in [0, 0.1) is 5.92 Å². The number of hydrogen-bond acceptors (Lipinski definition) is 9. The number of hydrogen-bond donors (Lipinski definition) is 3. The second-order valence-corrected chi connectivity index (χ2v) is 10.4. The number of oxazole rings is 2. The Hall–Kier alpha value is -2.23. The van der Waals surface area contributed by atoms with E-state index in [2.05, 4.69) is 23.8 Å². The van der Waals surface area contributed by atoms with Crippen LogP contribution >= 0.6 is 0 Å². The highest BCUT2D eigenvalue weighted by atomic mass is 16.5. The van der Waals surface area contributed by atoms with Crippen molar-refractivity contribution in [1.82, 2.24) is 9.97 Å². The van der Waals surface area contributed by atoms with E-state index in [1.54, 1.807) is 6.20 Å². The minimum absolute atomic E-state index is 0.122. The quantitative estimate of drug-likeness (QED) is 0.157. The summed E-state index contributed by atoms with van der Waals surface area (Å²) in [6.07, 6.45) is 11.7. The first-order valence-electron chi connectivity index (χ1n) is 13.8. The van der Waals surface area contributed by atoms with Gasteiger partial charge >= 0.3 is 5.97 Å². The van der Waals surface area contributed by atoms with Crippen molar-refractivity contribution in [2.45, 2.75) is 129 Å². The number of nitrogens with zero attached hydrogens (tertiary/aromatic N) is 2. The smallest absolute Gasteiger partial charge is 0.306 e. The number of esters is 1. The molecule has 0 aromatic carbocycles. The molecule has 0 amide bonds. The number of aromatic nitrogens is 2. The van der Waals surface area contributed by atoms with Crippen LogP contribution in [-0.4, -0.2) is 49.6 Å². The maximum atomic E-state index is 12.6. The standard InChI is InChI=1S/C28H46N2O7/c1-20(2)13-11-9-7-5-4-6-8-10-12-14-27(33)37-25(16-24(32)28(34)21(3)31)23-18-35-26(30-23)15-22-17-29-19-36-22/h17-21,24-25,28,31-32,34H,4-16H2,1-3H3. The summed E-state index contributed by atoms with van der Waals surface area (Å²) in [4.78, 5) is 20.8. The Labute approximate surface area is 220 Å². The first-order chi connectivity index (χ1) is 17.8. The number of aliphatic hydroxyl groups is 3. The van der Waals surface area contributed by atoms with Gasteiger partial charge in [-0.2, -0.15) is 0 Å². The molecule has 4 atom stereocenters. The third-order valence-corrected chi connectivity index (χ3v) is 6.49. The predicted molar refractivity (Wildman–Crippen MR) is 139 cm³/mol. The van der Waals surface area contributed by atoms with E-state index >= 15 is 0 Å². The van der Waals surface area contributed by atoms with Gasteiger partial charge in [-0.25, -0.2) is 9.97 Å². The lowest BCUT2D eigenvalue weighted by Crippen LogP contribution is -2.37. The molecule has 0 fully saturated rings. The van der Waals surface area contributed by atoms with Gasteiger partial charge in [0.1, 0.15) is 29.9 Å². The van der Waals surface area contributed by atoms with Crippen LogP contribution in [-0.2, 0) is 16.0 Å². The van der Waals surface area contributed by atoms with Crippen molar-refractivity contribution < 1.29 is 33.7 Å². The monoisotopic (exact) mass is 522 g/mol. The first kappa shape index (κ1) is 31.0. The molecule has 0 radical (unpaired) electrons. The molecule has 9 heteroatoms. The zero-order chi connectivity index (χ0) is 27.0. The lowest BCUT2D eigenvalue weighted by Gasteiger charge is -2.24. The van der Waals surface area contributed by atoms with Gasteiger partial charge in [-0.05, 0) is 19.3 Å². The SMILES string of the molecule is CC(C)CCCCCCCCCCCC(=O)OC(CC(O)C(O)C(C)O)c1coc(Cc2cnco2)n1. The molecule has 0 aliphatic heterocycles. The van der Waals surface area contributed by atoms with E-state index in [0.29, 0.717) is 17.3 Å². The molecule has 37 heavy (non-hydrogen) atoms. The van der Waals surface area contributed by atoms with Crippen molar-refractivity contribution in [1.29, 1.82) is 0 Å². The molecule has 2 aromatic rings. The minimum atomic E-state index is -1.38. The molecule has 0 saturated heterocycles. The van der Waals surface area contributed by atoms with Crippen molar-refractivity contribution in [3.63, 3.8) is 0 Å². The Kier molecular flexibility index (Phi) is 14.5. The zero-order valence-corrected chi connectivity index (χ0v) is 22.7. The number of carbonyl (C=O) groups excluding carboxylic acids is 1. The molecule has 0 aliphatic carbocycles. The van der Waals surface area contributed by atoms with Gasteiger partial charge in [-0.1, -0.05) is 71.6 Å². The van der Waals surface area contributed by atoms with Crippen LogP contribution in [0.25, 0.3) is 0 Å². The summed E-state index contributed by atoms with van der Waals surface area (Å²) in [5.74, 6) is 1.31. The van der Waals surface area contributed by atoms with E-state index in [1.165, 1.54) is 64.5 Å². The van der Waals surface area contributed by atoms with Gasteiger partial charge in [0.2, 0.25) is 5.89 Å². The Bertz CT molecular complexity index is 851. The van der Waals surface area contributed by atoms with Crippen LogP contribution in [0.4, 0.5) is 0 Å². The maximum absolute atomic E-state index is 12.6. The van der Waals surface area contributed by atoms with Gasteiger partial charge in [0, 0.05) is 12.8 Å². The van der Waals surface area contributed by atoms with E-state index < -0.39 is 30.4 Å². The number of ether oxygens (including phenoxy) is 1. The number of rotatable bonds is 20. The molecule has 2 aromatic heterocycles. The van der Waals surface area contributed by atoms with Gasteiger partial charge in [0.15, 0.2) is 6.39 Å². The summed E-state index contributed by atoms with van der Waals surface area (Å²) < 4.78 is 16.3. The van der Waals surface area contributed by atoms with E-state index in [4.69, 9.17) is 13.6 Å². The Balaban J connectivity index is 1.75. The summed E-state index contributed by atoms with van der Waals surface area (Å²) >= 11 is 0. The fourth-order valence-corrected chi connectivity index (χ4v) is 4.22. The van der Waals surface area contributed by atoms with Crippen molar-refractivity contribution >= 4 is 5.97 Å². The molecular formula is C28H46N2O7. The third-order valence-electron chi connectivity index (χ3n) is 6.49. The normalized spacial score (nSPS) is 15.0. The predicted octanol–water partition coefficient (Wildman–Crippen LogP) is 5.28. The molecule has 0 aliphatic rings. The van der Waals surface area contributed by atoms with Crippen LogP contribution in [0.3, 0.4) is 0 Å².